The van der Waals surface area contributed by atoms with Gasteiger partial charge in [0.25, 0.3) is 11.8 Å². The monoisotopic (exact) mass is 556 g/mol. The average Bonchev–Trinajstić information content (AvgIpc) is 3.38. The summed E-state index contributed by atoms with van der Waals surface area (Å²) < 4.78 is 74.7. The third-order valence-electron chi connectivity index (χ3n) is 5.35. The summed E-state index contributed by atoms with van der Waals surface area (Å²) in [4.78, 5) is 24.2. The SMILES string of the molecule is CS(=O)(=O)N(CC(=O)N/N=C\c1ccc(OCC(=O)NC[C@@H]2CCCO2)cc1)c1cccc(C(F)(F)F)c1. The van der Waals surface area contributed by atoms with Crippen molar-refractivity contribution in [2.75, 3.05) is 36.9 Å². The fraction of sp³-hybridized carbons (Fsp3) is 0.375. The van der Waals surface area contributed by atoms with Gasteiger partial charge in [-0.2, -0.15) is 18.3 Å². The molecule has 2 aromatic rings. The number of anilines is 1. The molecule has 38 heavy (non-hydrogen) atoms. The van der Waals surface area contributed by atoms with Crippen molar-refractivity contribution >= 4 is 33.7 Å². The van der Waals surface area contributed by atoms with E-state index in [-0.39, 0.29) is 24.3 Å². The first-order valence-corrected chi connectivity index (χ1v) is 13.3. The molecular weight excluding hydrogens is 529 g/mol. The molecule has 3 rings (SSSR count). The standard InChI is InChI=1S/C24H27F3N4O6S/c1-38(34,35)31(19-5-2-4-18(12-19)24(25,26)27)15-22(32)30-29-13-17-7-9-20(10-8-17)37-16-23(33)28-14-21-6-3-11-36-21/h2,4-5,7-10,12-13,21H,3,6,11,14-16H2,1H3,(H,28,33)(H,30,32)/b29-13-/t21-/m0/s1. The van der Waals surface area contributed by atoms with Crippen LogP contribution in [0, 0.1) is 0 Å². The number of nitrogens with zero attached hydrogens (tertiary/aromatic N) is 2. The van der Waals surface area contributed by atoms with Crippen molar-refractivity contribution in [3.05, 3.63) is 59.7 Å². The number of carbonyl (C=O) groups excluding carboxylic acids is 2. The van der Waals surface area contributed by atoms with Crippen LogP contribution in [0.2, 0.25) is 0 Å². The zero-order valence-corrected chi connectivity index (χ0v) is 21.2. The minimum Gasteiger partial charge on any atom is -0.484 e. The van der Waals surface area contributed by atoms with Crippen LogP contribution in [0.1, 0.15) is 24.0 Å². The van der Waals surface area contributed by atoms with Gasteiger partial charge in [0.2, 0.25) is 10.0 Å². The number of ether oxygens (including phenoxy) is 2. The molecule has 2 aromatic carbocycles. The lowest BCUT2D eigenvalue weighted by Gasteiger charge is -2.22. The summed E-state index contributed by atoms with van der Waals surface area (Å²) in [7, 11) is -4.07. The van der Waals surface area contributed by atoms with Gasteiger partial charge in [0.15, 0.2) is 6.61 Å². The third kappa shape index (κ3) is 9.03. The molecule has 206 valence electrons. The Bertz CT molecular complexity index is 1250. The Balaban J connectivity index is 1.50. The smallest absolute Gasteiger partial charge is 0.416 e. The molecule has 1 heterocycles. The lowest BCUT2D eigenvalue weighted by atomic mass is 10.2. The Morgan fingerprint density at radius 1 is 1.18 bits per heavy atom. The Kier molecular flexibility index (Phi) is 9.69. The van der Waals surface area contributed by atoms with Crippen LogP contribution in [0.4, 0.5) is 18.9 Å². The van der Waals surface area contributed by atoms with E-state index in [2.05, 4.69) is 15.8 Å². The molecule has 0 aromatic heterocycles. The number of halogens is 3. The van der Waals surface area contributed by atoms with Gasteiger partial charge in [-0.25, -0.2) is 13.8 Å². The van der Waals surface area contributed by atoms with Crippen LogP contribution in [0.5, 0.6) is 5.75 Å². The zero-order chi connectivity index (χ0) is 27.8. The van der Waals surface area contributed by atoms with Crippen LogP contribution in [0.15, 0.2) is 53.6 Å². The summed E-state index contributed by atoms with van der Waals surface area (Å²) in [6.07, 6.45) is -0.686. The Labute approximate surface area is 217 Å². The maximum atomic E-state index is 13.0. The quantitative estimate of drug-likeness (QED) is 0.323. The number of carbonyl (C=O) groups is 2. The number of alkyl halides is 3. The van der Waals surface area contributed by atoms with Crippen molar-refractivity contribution in [3.8, 4) is 5.75 Å². The van der Waals surface area contributed by atoms with E-state index in [1.165, 1.54) is 6.21 Å². The van der Waals surface area contributed by atoms with Crippen LogP contribution in [0.25, 0.3) is 0 Å². The molecular formula is C24H27F3N4O6S. The number of amides is 2. The summed E-state index contributed by atoms with van der Waals surface area (Å²) in [6, 6.07) is 10.1. The molecule has 2 N–H and O–H groups in total. The van der Waals surface area contributed by atoms with E-state index < -0.39 is 34.2 Å². The van der Waals surface area contributed by atoms with E-state index >= 15 is 0 Å². The minimum absolute atomic E-state index is 0.0352. The van der Waals surface area contributed by atoms with Crippen molar-refractivity contribution in [2.45, 2.75) is 25.1 Å². The minimum atomic E-state index is -4.68. The molecule has 1 aliphatic rings. The highest BCUT2D eigenvalue weighted by Crippen LogP contribution is 2.32. The Hall–Kier alpha value is -3.65. The van der Waals surface area contributed by atoms with Gasteiger partial charge in [-0.1, -0.05) is 6.07 Å². The number of nitrogens with one attached hydrogen (secondary N) is 2. The van der Waals surface area contributed by atoms with Gasteiger partial charge in [0.05, 0.1) is 29.8 Å². The van der Waals surface area contributed by atoms with Gasteiger partial charge in [0, 0.05) is 13.2 Å². The molecule has 1 atom stereocenters. The molecule has 10 nitrogen and oxygen atoms in total. The average molecular weight is 557 g/mol. The van der Waals surface area contributed by atoms with Gasteiger partial charge in [-0.3, -0.25) is 13.9 Å². The van der Waals surface area contributed by atoms with E-state index in [0.29, 0.717) is 34.8 Å². The van der Waals surface area contributed by atoms with Gasteiger partial charge >= 0.3 is 6.18 Å². The second-order valence-corrected chi connectivity index (χ2v) is 10.3. The summed E-state index contributed by atoms with van der Waals surface area (Å²) in [6.45, 7) is 0.193. The molecule has 1 aliphatic heterocycles. The number of hydrazone groups is 1. The predicted molar refractivity (Wildman–Crippen MR) is 133 cm³/mol. The van der Waals surface area contributed by atoms with Crippen molar-refractivity contribution in [2.24, 2.45) is 5.10 Å². The van der Waals surface area contributed by atoms with Crippen LogP contribution in [0.3, 0.4) is 0 Å². The summed E-state index contributed by atoms with van der Waals surface area (Å²) >= 11 is 0. The van der Waals surface area contributed by atoms with Crippen molar-refractivity contribution < 1.29 is 40.7 Å². The fourth-order valence-electron chi connectivity index (χ4n) is 3.47. The largest absolute Gasteiger partial charge is 0.484 e. The summed E-state index contributed by atoms with van der Waals surface area (Å²) in [5, 5.41) is 6.50. The Morgan fingerprint density at radius 3 is 2.55 bits per heavy atom. The van der Waals surface area contributed by atoms with E-state index in [0.717, 1.165) is 37.3 Å². The second kappa shape index (κ2) is 12.7. The molecule has 1 saturated heterocycles. The van der Waals surface area contributed by atoms with Crippen LogP contribution < -0.4 is 19.8 Å². The lowest BCUT2D eigenvalue weighted by molar-refractivity contribution is -0.137. The first-order valence-electron chi connectivity index (χ1n) is 11.5. The molecule has 0 bridgehead atoms. The predicted octanol–water partition coefficient (Wildman–Crippen LogP) is 2.30. The maximum Gasteiger partial charge on any atom is 0.416 e. The number of hydrogen-bond acceptors (Lipinski definition) is 7. The topological polar surface area (TPSA) is 126 Å². The zero-order valence-electron chi connectivity index (χ0n) is 20.4. The molecule has 1 fully saturated rings. The van der Waals surface area contributed by atoms with Crippen LogP contribution in [-0.4, -0.2) is 65.1 Å². The van der Waals surface area contributed by atoms with Crippen LogP contribution in [-0.2, 0) is 30.5 Å². The second-order valence-electron chi connectivity index (χ2n) is 8.41. The van der Waals surface area contributed by atoms with E-state index in [1.807, 2.05) is 0 Å². The number of sulfonamides is 1. The Morgan fingerprint density at radius 2 is 1.92 bits per heavy atom. The van der Waals surface area contributed by atoms with E-state index in [1.54, 1.807) is 24.3 Å². The van der Waals surface area contributed by atoms with Gasteiger partial charge < -0.3 is 14.8 Å². The number of hydrogen-bond donors (Lipinski definition) is 2. The third-order valence-corrected chi connectivity index (χ3v) is 6.49. The van der Waals surface area contributed by atoms with E-state index in [4.69, 9.17) is 9.47 Å². The normalized spacial score (nSPS) is 15.8. The first kappa shape index (κ1) is 28.9. The number of benzene rings is 2. The molecule has 2 amide bonds. The van der Waals surface area contributed by atoms with E-state index in [9.17, 15) is 31.2 Å². The van der Waals surface area contributed by atoms with Gasteiger partial charge in [-0.15, -0.1) is 0 Å². The summed E-state index contributed by atoms with van der Waals surface area (Å²) in [5.41, 5.74) is 1.35. The highest BCUT2D eigenvalue weighted by molar-refractivity contribution is 7.92. The van der Waals surface area contributed by atoms with Crippen LogP contribution >= 0.6 is 0 Å². The molecule has 0 radical (unpaired) electrons. The van der Waals surface area contributed by atoms with Crippen molar-refractivity contribution in [1.82, 2.24) is 10.7 Å². The highest BCUT2D eigenvalue weighted by Gasteiger charge is 2.32. The molecule has 0 saturated carbocycles. The first-order chi connectivity index (χ1) is 17.9. The summed E-state index contributed by atoms with van der Waals surface area (Å²) in [5.74, 6) is -0.705. The molecule has 0 unspecified atom stereocenters. The highest BCUT2D eigenvalue weighted by atomic mass is 32.2. The van der Waals surface area contributed by atoms with Crippen molar-refractivity contribution in [1.29, 1.82) is 0 Å². The molecule has 0 aliphatic carbocycles. The maximum absolute atomic E-state index is 13.0. The lowest BCUT2D eigenvalue weighted by Crippen LogP contribution is -2.39. The fourth-order valence-corrected chi connectivity index (χ4v) is 4.31. The van der Waals surface area contributed by atoms with Gasteiger partial charge in [-0.05, 0) is 60.9 Å². The molecule has 14 heteroatoms. The molecule has 0 spiro atoms. The van der Waals surface area contributed by atoms with Gasteiger partial charge in [0.1, 0.15) is 12.3 Å². The number of rotatable bonds is 11. The van der Waals surface area contributed by atoms with Crippen molar-refractivity contribution in [3.63, 3.8) is 0 Å².